The van der Waals surface area contributed by atoms with E-state index in [-0.39, 0.29) is 22.8 Å². The van der Waals surface area contributed by atoms with Crippen LogP contribution in [0.25, 0.3) is 0 Å². The maximum absolute atomic E-state index is 12.8. The molecule has 0 spiro atoms. The van der Waals surface area contributed by atoms with Crippen molar-refractivity contribution in [2.75, 3.05) is 51.7 Å². The van der Waals surface area contributed by atoms with Crippen LogP contribution in [0.2, 0.25) is 0 Å². The lowest BCUT2D eigenvalue weighted by Crippen LogP contribution is -2.43. The van der Waals surface area contributed by atoms with E-state index >= 15 is 0 Å². The number of nitrogens with one attached hydrogen (secondary N) is 1. The number of hydrogen-bond acceptors (Lipinski definition) is 6. The maximum Gasteiger partial charge on any atom is 0.251 e. The molecule has 0 aliphatic carbocycles. The van der Waals surface area contributed by atoms with Crippen LogP contribution in [-0.2, 0) is 24.8 Å². The summed E-state index contributed by atoms with van der Waals surface area (Å²) in [5.74, 6) is -0.115. The number of nitrogens with zero attached hydrogens (tertiary/aromatic N) is 2. The number of morpholine rings is 1. The van der Waals surface area contributed by atoms with E-state index in [2.05, 4.69) is 12.2 Å². The second-order valence-electron chi connectivity index (χ2n) is 7.69. The number of ether oxygens (including phenoxy) is 1. The molecule has 0 bridgehead atoms. The Morgan fingerprint density at radius 1 is 1.00 bits per heavy atom. The predicted octanol–water partition coefficient (Wildman–Crippen LogP) is 0.499. The number of hydrogen-bond donors (Lipinski definition) is 1. The third-order valence-electron chi connectivity index (χ3n) is 5.51. The number of piperidine rings is 1. The molecule has 1 N–H and O–H groups in total. The van der Waals surface area contributed by atoms with Gasteiger partial charge in [-0.2, -0.15) is 8.61 Å². The lowest BCUT2D eigenvalue weighted by atomic mass is 10.0. The van der Waals surface area contributed by atoms with Crippen molar-refractivity contribution in [1.29, 1.82) is 0 Å². The topological polar surface area (TPSA) is 113 Å². The molecule has 2 fully saturated rings. The third kappa shape index (κ3) is 5.58. The average molecular weight is 460 g/mol. The number of rotatable bonds is 7. The van der Waals surface area contributed by atoms with Crippen molar-refractivity contribution in [2.45, 2.75) is 24.7 Å². The molecule has 0 radical (unpaired) electrons. The fourth-order valence-electron chi connectivity index (χ4n) is 3.50. The predicted molar refractivity (Wildman–Crippen MR) is 112 cm³/mol. The van der Waals surface area contributed by atoms with E-state index in [4.69, 9.17) is 4.74 Å². The minimum absolute atomic E-state index is 0.0233. The first-order valence-corrected chi connectivity index (χ1v) is 13.2. The lowest BCUT2D eigenvalue weighted by Gasteiger charge is -2.29. The van der Waals surface area contributed by atoms with E-state index in [0.29, 0.717) is 45.3 Å². The Morgan fingerprint density at radius 2 is 1.60 bits per heavy atom. The van der Waals surface area contributed by atoms with Crippen LogP contribution >= 0.6 is 0 Å². The molecule has 1 aromatic carbocycles. The second-order valence-corrected chi connectivity index (χ2v) is 11.7. The van der Waals surface area contributed by atoms with Gasteiger partial charge in [0.05, 0.1) is 23.9 Å². The fraction of sp³-hybridized carbons (Fsp3) is 0.632. The number of amides is 1. The molecule has 2 aliphatic heterocycles. The zero-order valence-electron chi connectivity index (χ0n) is 17.1. The van der Waals surface area contributed by atoms with Crippen molar-refractivity contribution in [1.82, 2.24) is 13.9 Å². The smallest absolute Gasteiger partial charge is 0.251 e. The van der Waals surface area contributed by atoms with E-state index in [9.17, 15) is 21.6 Å². The first kappa shape index (κ1) is 23.1. The molecule has 0 saturated carbocycles. The molecule has 1 amide bonds. The molecule has 0 aromatic heterocycles. The molecule has 0 atom stereocenters. The van der Waals surface area contributed by atoms with Crippen molar-refractivity contribution in [2.24, 2.45) is 5.92 Å². The highest BCUT2D eigenvalue weighted by Gasteiger charge is 2.28. The van der Waals surface area contributed by atoms with E-state index in [0.717, 1.165) is 12.8 Å². The van der Waals surface area contributed by atoms with Gasteiger partial charge in [-0.25, -0.2) is 16.8 Å². The van der Waals surface area contributed by atoms with Gasteiger partial charge in [-0.3, -0.25) is 4.79 Å². The SMILES string of the molecule is CC1CCN(S(=O)(=O)c2ccc(C(=O)NCCS(=O)(=O)N3CCOCC3)cc2)CC1. The van der Waals surface area contributed by atoms with Gasteiger partial charge in [0.2, 0.25) is 20.0 Å². The standard InChI is InChI=1S/C19H29N3O6S2/c1-16-6-9-22(10-7-16)30(26,27)18-4-2-17(3-5-18)19(23)20-8-15-29(24,25)21-11-13-28-14-12-21/h2-5,16H,6-15H2,1H3,(H,20,23). The van der Waals surface area contributed by atoms with Crippen LogP contribution in [0.15, 0.2) is 29.2 Å². The van der Waals surface area contributed by atoms with Gasteiger partial charge < -0.3 is 10.1 Å². The van der Waals surface area contributed by atoms with Crippen molar-refractivity contribution in [3.8, 4) is 0 Å². The lowest BCUT2D eigenvalue weighted by molar-refractivity contribution is 0.0730. The van der Waals surface area contributed by atoms with Gasteiger partial charge in [0.1, 0.15) is 0 Å². The minimum atomic E-state index is -3.57. The Morgan fingerprint density at radius 3 is 2.20 bits per heavy atom. The van der Waals surface area contributed by atoms with Gasteiger partial charge >= 0.3 is 0 Å². The van der Waals surface area contributed by atoms with Gasteiger partial charge in [0, 0.05) is 38.3 Å². The third-order valence-corrected chi connectivity index (χ3v) is 9.29. The summed E-state index contributed by atoms with van der Waals surface area (Å²) in [6.45, 7) is 4.49. The zero-order valence-corrected chi connectivity index (χ0v) is 18.8. The summed E-state index contributed by atoms with van der Waals surface area (Å²) >= 11 is 0. The minimum Gasteiger partial charge on any atom is -0.379 e. The van der Waals surface area contributed by atoms with Crippen LogP contribution in [0.4, 0.5) is 0 Å². The van der Waals surface area contributed by atoms with Gasteiger partial charge in [-0.15, -0.1) is 0 Å². The first-order chi connectivity index (χ1) is 14.2. The average Bonchev–Trinajstić information content (AvgIpc) is 2.74. The summed E-state index contributed by atoms with van der Waals surface area (Å²) < 4.78 is 58.1. The molecule has 2 aliphatic rings. The second kappa shape index (κ2) is 9.73. The molecule has 0 unspecified atom stereocenters. The summed E-state index contributed by atoms with van der Waals surface area (Å²) in [7, 11) is -7.02. The quantitative estimate of drug-likeness (QED) is 0.635. The van der Waals surface area contributed by atoms with Crippen LogP contribution < -0.4 is 5.32 Å². The van der Waals surface area contributed by atoms with Gasteiger partial charge in [0.15, 0.2) is 0 Å². The first-order valence-electron chi connectivity index (χ1n) is 10.1. The molecular formula is C19H29N3O6S2. The molecule has 2 saturated heterocycles. The normalized spacial score (nSPS) is 20.2. The highest BCUT2D eigenvalue weighted by molar-refractivity contribution is 7.89. The summed E-state index contributed by atoms with van der Waals surface area (Å²) in [4.78, 5) is 12.5. The van der Waals surface area contributed by atoms with Crippen LogP contribution in [0, 0.1) is 5.92 Å². The summed E-state index contributed by atoms with van der Waals surface area (Å²) in [5.41, 5.74) is 0.282. The van der Waals surface area contributed by atoms with E-state index < -0.39 is 26.0 Å². The largest absolute Gasteiger partial charge is 0.379 e. The Balaban J connectivity index is 1.54. The van der Waals surface area contributed by atoms with E-state index in [1.54, 1.807) is 0 Å². The molecule has 3 rings (SSSR count). The van der Waals surface area contributed by atoms with Crippen molar-refractivity contribution in [3.05, 3.63) is 29.8 Å². The van der Waals surface area contributed by atoms with Gasteiger partial charge in [-0.1, -0.05) is 6.92 Å². The van der Waals surface area contributed by atoms with E-state index in [1.807, 2.05) is 0 Å². The molecule has 11 heteroatoms. The summed E-state index contributed by atoms with van der Waals surface area (Å²) in [5, 5.41) is 2.58. The molecule has 2 heterocycles. The number of carbonyl (C=O) groups excluding carboxylic acids is 1. The van der Waals surface area contributed by atoms with E-state index in [1.165, 1.54) is 32.9 Å². The highest BCUT2D eigenvalue weighted by atomic mass is 32.2. The molecular weight excluding hydrogens is 430 g/mol. The van der Waals surface area contributed by atoms with Crippen molar-refractivity contribution in [3.63, 3.8) is 0 Å². The summed E-state index contributed by atoms with van der Waals surface area (Å²) in [6, 6.07) is 5.75. The molecule has 1 aromatic rings. The zero-order chi connectivity index (χ0) is 21.8. The Labute approximate surface area is 178 Å². The number of benzene rings is 1. The summed E-state index contributed by atoms with van der Waals surface area (Å²) in [6.07, 6.45) is 1.68. The van der Waals surface area contributed by atoms with Gasteiger partial charge in [0.25, 0.3) is 5.91 Å². The van der Waals surface area contributed by atoms with Crippen molar-refractivity contribution >= 4 is 26.0 Å². The van der Waals surface area contributed by atoms with Crippen LogP contribution in [-0.4, -0.2) is 83.0 Å². The highest BCUT2D eigenvalue weighted by Crippen LogP contribution is 2.23. The maximum atomic E-state index is 12.8. The Hall–Kier alpha value is -1.53. The molecule has 9 nitrogen and oxygen atoms in total. The Bertz CT molecular complexity index is 933. The number of carbonyl (C=O) groups is 1. The van der Waals surface area contributed by atoms with Gasteiger partial charge in [-0.05, 0) is 43.0 Å². The fourth-order valence-corrected chi connectivity index (χ4v) is 6.30. The van der Waals surface area contributed by atoms with Crippen molar-refractivity contribution < 1.29 is 26.4 Å². The monoisotopic (exact) mass is 459 g/mol. The molecule has 168 valence electrons. The van der Waals surface area contributed by atoms with Crippen LogP contribution in [0.5, 0.6) is 0 Å². The number of sulfonamides is 2. The van der Waals surface area contributed by atoms with Crippen LogP contribution in [0.1, 0.15) is 30.1 Å². The van der Waals surface area contributed by atoms with Crippen LogP contribution in [0.3, 0.4) is 0 Å². The Kier molecular flexibility index (Phi) is 7.51. The molecule has 30 heavy (non-hydrogen) atoms.